The van der Waals surface area contributed by atoms with E-state index in [1.54, 1.807) is 18.2 Å². The molecule has 0 radical (unpaired) electrons. The summed E-state index contributed by atoms with van der Waals surface area (Å²) in [4.78, 5) is 9.43. The van der Waals surface area contributed by atoms with Gasteiger partial charge in [-0.3, -0.25) is 4.99 Å². The number of fused-ring (bicyclic) bond motifs is 3. The van der Waals surface area contributed by atoms with Gasteiger partial charge in [0.15, 0.2) is 0 Å². The molecule has 5 nitrogen and oxygen atoms in total. The molecule has 2 aliphatic rings. The predicted molar refractivity (Wildman–Crippen MR) is 132 cm³/mol. The molecule has 0 saturated carbocycles. The molecular formula is C29H25N2O3Pt-. The van der Waals surface area contributed by atoms with Crippen molar-refractivity contribution in [3.8, 4) is 17.4 Å². The minimum Gasteiger partial charge on any atom is -0.514 e. The number of phenols is 1. The van der Waals surface area contributed by atoms with Crippen LogP contribution >= 0.6 is 0 Å². The Bertz CT molecular complexity index is 1430. The molecule has 1 N–H and O–H groups in total. The summed E-state index contributed by atoms with van der Waals surface area (Å²) in [7, 11) is 0. The maximum atomic E-state index is 10.1. The van der Waals surface area contributed by atoms with Gasteiger partial charge in [0, 0.05) is 43.7 Å². The van der Waals surface area contributed by atoms with Gasteiger partial charge < -0.3 is 14.6 Å². The molecule has 3 aromatic carbocycles. The van der Waals surface area contributed by atoms with Gasteiger partial charge in [-0.05, 0) is 36.1 Å². The summed E-state index contributed by atoms with van der Waals surface area (Å²) < 4.78 is 12.5. The molecular weight excluding hydrogens is 619 g/mol. The maximum Gasteiger partial charge on any atom is 0.217 e. The largest absolute Gasteiger partial charge is 0.514 e. The molecule has 0 saturated heterocycles. The first-order valence-electron chi connectivity index (χ1n) is 11.6. The Morgan fingerprint density at radius 2 is 1.83 bits per heavy atom. The maximum absolute atomic E-state index is 10.1. The van der Waals surface area contributed by atoms with Gasteiger partial charge in [0.1, 0.15) is 23.3 Å². The Morgan fingerprint density at radius 3 is 2.71 bits per heavy atom. The minimum absolute atomic E-state index is 0. The van der Waals surface area contributed by atoms with E-state index in [0.29, 0.717) is 23.0 Å². The second-order valence-electron chi connectivity index (χ2n) is 9.49. The number of para-hydroxylation sites is 1. The number of hydrogen-bond acceptors (Lipinski definition) is 5. The van der Waals surface area contributed by atoms with Gasteiger partial charge in [-0.2, -0.15) is 0 Å². The van der Waals surface area contributed by atoms with Crippen molar-refractivity contribution in [1.82, 2.24) is 4.98 Å². The van der Waals surface area contributed by atoms with Crippen LogP contribution in [0.25, 0.3) is 10.9 Å². The van der Waals surface area contributed by atoms with Crippen molar-refractivity contribution in [2.75, 3.05) is 0 Å². The van der Waals surface area contributed by atoms with Crippen LogP contribution in [0.3, 0.4) is 0 Å². The van der Waals surface area contributed by atoms with Gasteiger partial charge >= 0.3 is 0 Å². The second-order valence-corrected chi connectivity index (χ2v) is 9.49. The van der Waals surface area contributed by atoms with Gasteiger partial charge in [0.2, 0.25) is 5.88 Å². The fraction of sp³-hybridized carbons (Fsp3) is 0.241. The topological polar surface area (TPSA) is 63.9 Å². The van der Waals surface area contributed by atoms with E-state index in [1.807, 2.05) is 30.3 Å². The Morgan fingerprint density at radius 1 is 1.00 bits per heavy atom. The third-order valence-corrected chi connectivity index (χ3v) is 6.89. The van der Waals surface area contributed by atoms with Crippen molar-refractivity contribution in [3.05, 3.63) is 95.6 Å². The Kier molecular flexibility index (Phi) is 6.14. The predicted octanol–water partition coefficient (Wildman–Crippen LogP) is 5.97. The van der Waals surface area contributed by atoms with Gasteiger partial charge in [-0.15, -0.1) is 18.2 Å². The van der Waals surface area contributed by atoms with Crippen molar-refractivity contribution in [3.63, 3.8) is 0 Å². The van der Waals surface area contributed by atoms with E-state index in [2.05, 4.69) is 49.2 Å². The van der Waals surface area contributed by atoms with Crippen molar-refractivity contribution in [2.24, 2.45) is 4.99 Å². The number of nitrogens with zero attached hydrogens (tertiary/aromatic N) is 2. The number of aryl methyl sites for hydroxylation is 1. The van der Waals surface area contributed by atoms with Crippen LogP contribution in [-0.4, -0.2) is 28.1 Å². The summed E-state index contributed by atoms with van der Waals surface area (Å²) in [5.74, 6) is 1.64. The molecule has 0 fully saturated rings. The zero-order valence-corrected chi connectivity index (χ0v) is 21.7. The van der Waals surface area contributed by atoms with Crippen LogP contribution in [0.4, 0.5) is 0 Å². The fourth-order valence-corrected chi connectivity index (χ4v) is 5.16. The molecule has 0 spiro atoms. The second kappa shape index (κ2) is 9.12. The average molecular weight is 645 g/mol. The molecule has 0 bridgehead atoms. The zero-order valence-electron chi connectivity index (χ0n) is 19.5. The van der Waals surface area contributed by atoms with Crippen LogP contribution < -0.4 is 4.74 Å². The number of hydrogen-bond donors (Lipinski definition) is 1. The van der Waals surface area contributed by atoms with Gasteiger partial charge in [0.25, 0.3) is 0 Å². The number of aromatic nitrogens is 1. The van der Waals surface area contributed by atoms with E-state index >= 15 is 0 Å². The SMILES string of the molecule is CC1(C)c2ccccc2CC[C@@H]2N=C(c3[c-]c(Oc4ccc5cccc(O)c5n4)ccc3)O[C@H]21.[Pt]. The van der Waals surface area contributed by atoms with Crippen LogP contribution in [0.1, 0.15) is 37.0 Å². The number of rotatable bonds is 3. The standard InChI is InChI=1S/C29H25N2O3.Pt/c1-29(2)22-11-4-3-7-18(22)13-15-23-27(29)34-28(30-23)20-9-5-10-21(17-20)33-25-16-14-19-8-6-12-24(32)26(19)31-25;/h3-12,14,16,23,27,32H,13,15H2,1-2H3;/q-1;/t23-,27+;/m0./s1. The average Bonchev–Trinajstić information content (AvgIpc) is 3.25. The summed E-state index contributed by atoms with van der Waals surface area (Å²) >= 11 is 0. The van der Waals surface area contributed by atoms with E-state index in [9.17, 15) is 5.11 Å². The quantitative estimate of drug-likeness (QED) is 0.280. The van der Waals surface area contributed by atoms with Crippen molar-refractivity contribution < 1.29 is 35.6 Å². The van der Waals surface area contributed by atoms with Gasteiger partial charge in [0.05, 0.1) is 6.04 Å². The van der Waals surface area contributed by atoms with Crippen LogP contribution in [0.5, 0.6) is 17.4 Å². The van der Waals surface area contributed by atoms with Crippen LogP contribution in [0.15, 0.2) is 77.8 Å². The Hall–Kier alpha value is -3.17. The van der Waals surface area contributed by atoms with Crippen molar-refractivity contribution in [1.29, 1.82) is 0 Å². The number of aliphatic imine (C=N–C) groups is 1. The van der Waals surface area contributed by atoms with Crippen LogP contribution in [-0.2, 0) is 37.6 Å². The molecule has 1 aliphatic carbocycles. The molecule has 0 unspecified atom stereocenters. The Balaban J connectivity index is 0.00000253. The van der Waals surface area contributed by atoms with E-state index in [0.717, 1.165) is 23.8 Å². The molecule has 6 rings (SSSR count). The summed E-state index contributed by atoms with van der Waals surface area (Å²) in [5, 5.41) is 11.0. The molecule has 0 amide bonds. The smallest absolute Gasteiger partial charge is 0.217 e. The van der Waals surface area contributed by atoms with Gasteiger partial charge in [-0.1, -0.05) is 61.9 Å². The molecule has 180 valence electrons. The molecule has 1 aromatic heterocycles. The molecule has 35 heavy (non-hydrogen) atoms. The summed E-state index contributed by atoms with van der Waals surface area (Å²) in [5.41, 5.74) is 3.83. The Labute approximate surface area is 219 Å². The molecule has 4 aromatic rings. The van der Waals surface area contributed by atoms with Crippen LogP contribution in [0.2, 0.25) is 0 Å². The number of phenolic OH excluding ortho intramolecular Hbond substituents is 1. The minimum atomic E-state index is -0.159. The van der Waals surface area contributed by atoms with Gasteiger partial charge in [-0.25, -0.2) is 4.98 Å². The molecule has 2 atom stereocenters. The zero-order chi connectivity index (χ0) is 23.3. The van der Waals surface area contributed by atoms with E-state index in [4.69, 9.17) is 14.5 Å². The van der Waals surface area contributed by atoms with Crippen molar-refractivity contribution in [2.45, 2.75) is 44.2 Å². The first-order valence-corrected chi connectivity index (χ1v) is 11.6. The first-order chi connectivity index (χ1) is 16.5. The number of pyridine rings is 1. The molecule has 6 heteroatoms. The van der Waals surface area contributed by atoms with E-state index < -0.39 is 0 Å². The summed E-state index contributed by atoms with van der Waals surface area (Å²) in [6.07, 6.45) is 1.91. The number of aromatic hydroxyl groups is 1. The summed E-state index contributed by atoms with van der Waals surface area (Å²) in [6.45, 7) is 4.49. The first kappa shape index (κ1) is 23.6. The summed E-state index contributed by atoms with van der Waals surface area (Å²) in [6, 6.07) is 26.7. The molecule has 2 heterocycles. The molecule has 1 aliphatic heterocycles. The van der Waals surface area contributed by atoms with Crippen LogP contribution in [0, 0.1) is 6.07 Å². The van der Waals surface area contributed by atoms with Crippen molar-refractivity contribution >= 4 is 16.8 Å². The third-order valence-electron chi connectivity index (χ3n) is 6.89. The number of ether oxygens (including phenoxy) is 2. The third kappa shape index (κ3) is 4.23. The monoisotopic (exact) mass is 644 g/mol. The fourth-order valence-electron chi connectivity index (χ4n) is 5.16. The van der Waals surface area contributed by atoms with E-state index in [-0.39, 0.29) is 44.4 Å². The normalized spacial score (nSPS) is 20.0. The van der Waals surface area contributed by atoms with E-state index in [1.165, 1.54) is 11.1 Å². The number of benzene rings is 3.